The molecule has 4 N–H and O–H groups in total. The third-order valence-electron chi connectivity index (χ3n) is 10.5. The number of amidine groups is 1. The number of hydrogen-bond donors (Lipinski definition) is 3. The zero-order chi connectivity index (χ0) is 35.6. The topological polar surface area (TPSA) is 173 Å². The molecule has 13 nitrogen and oxygen atoms in total. The number of rotatable bonds is 15. The summed E-state index contributed by atoms with van der Waals surface area (Å²) in [4.78, 5) is 57.9. The zero-order valence-electron chi connectivity index (χ0n) is 29.3. The monoisotopic (exact) mass is 696 g/mol. The van der Waals surface area contributed by atoms with Crippen LogP contribution in [-0.2, 0) is 27.4 Å². The first-order chi connectivity index (χ1) is 23.2. The maximum Gasteiger partial charge on any atom is 0.334 e. The highest BCUT2D eigenvalue weighted by atomic mass is 28.3. The third kappa shape index (κ3) is 7.41. The minimum atomic E-state index is -1.35. The fraction of sp³-hybridized carbons (Fsp3) is 0.629. The lowest BCUT2D eigenvalue weighted by molar-refractivity contribution is -0.141. The molecule has 5 rings (SSSR count). The lowest BCUT2D eigenvalue weighted by Gasteiger charge is -2.48. The van der Waals surface area contributed by atoms with Crippen LogP contribution in [0.4, 0.5) is 4.79 Å². The molecule has 3 aliphatic rings. The summed E-state index contributed by atoms with van der Waals surface area (Å²) in [5, 5.41) is 18.6. The summed E-state index contributed by atoms with van der Waals surface area (Å²) in [6.45, 7) is 10.2. The highest BCUT2D eigenvalue weighted by molar-refractivity contribution is 6.76. The van der Waals surface area contributed by atoms with Crippen molar-refractivity contribution in [1.82, 2.24) is 18.9 Å². The molecule has 14 heteroatoms. The fourth-order valence-corrected chi connectivity index (χ4v) is 8.16. The number of carbonyl (C=O) groups is 2. The molecule has 3 fully saturated rings. The van der Waals surface area contributed by atoms with Gasteiger partial charge in [-0.3, -0.25) is 24.1 Å². The van der Waals surface area contributed by atoms with E-state index < -0.39 is 48.0 Å². The second-order valence-electron chi connectivity index (χ2n) is 15.3. The van der Waals surface area contributed by atoms with Crippen LogP contribution < -0.4 is 17.0 Å². The number of urea groups is 1. The SMILES string of the molecule is CCCn1c(O)c(C(=N)N)c(=O)n(C2CCC(COCc3ccccc3)(CN3C(=O)N(COCC[Si](C)(C)C)C(=O)C34CCC4)CC2)c1=O. The average molecular weight is 697 g/mol. The molecular formula is C35H52N6O7Si. The van der Waals surface area contributed by atoms with Crippen LogP contribution in [-0.4, -0.2) is 81.9 Å². The van der Waals surface area contributed by atoms with Crippen LogP contribution in [0.1, 0.15) is 75.5 Å². The van der Waals surface area contributed by atoms with Gasteiger partial charge in [-0.15, -0.1) is 0 Å². The average Bonchev–Trinajstić information content (AvgIpc) is 3.23. The maximum atomic E-state index is 14.0. The van der Waals surface area contributed by atoms with Crippen LogP contribution in [0.5, 0.6) is 5.88 Å². The van der Waals surface area contributed by atoms with Gasteiger partial charge in [-0.1, -0.05) is 56.9 Å². The van der Waals surface area contributed by atoms with Gasteiger partial charge in [0, 0.05) is 39.2 Å². The van der Waals surface area contributed by atoms with Crippen molar-refractivity contribution in [2.75, 3.05) is 26.5 Å². The third-order valence-corrected chi connectivity index (χ3v) is 12.2. The zero-order valence-corrected chi connectivity index (χ0v) is 30.3. The van der Waals surface area contributed by atoms with E-state index in [-0.39, 0.29) is 30.8 Å². The number of amides is 3. The van der Waals surface area contributed by atoms with E-state index in [0.29, 0.717) is 71.3 Å². The van der Waals surface area contributed by atoms with Crippen LogP contribution in [0.3, 0.4) is 0 Å². The Morgan fingerprint density at radius 3 is 2.29 bits per heavy atom. The van der Waals surface area contributed by atoms with Crippen molar-refractivity contribution in [3.05, 3.63) is 62.3 Å². The van der Waals surface area contributed by atoms with E-state index in [1.165, 1.54) is 4.90 Å². The minimum Gasteiger partial charge on any atom is -0.494 e. The Balaban J connectivity index is 1.41. The predicted octanol–water partition coefficient (Wildman–Crippen LogP) is 4.23. The number of aromatic hydroxyl groups is 1. The van der Waals surface area contributed by atoms with E-state index in [4.69, 9.17) is 20.6 Å². The van der Waals surface area contributed by atoms with Gasteiger partial charge in [0.25, 0.3) is 11.5 Å². The first-order valence-corrected chi connectivity index (χ1v) is 21.2. The van der Waals surface area contributed by atoms with Crippen molar-refractivity contribution < 1.29 is 24.2 Å². The van der Waals surface area contributed by atoms with Crippen LogP contribution in [0.15, 0.2) is 39.9 Å². The molecule has 0 bridgehead atoms. The molecule has 2 aromatic rings. The first kappa shape index (κ1) is 36.5. The van der Waals surface area contributed by atoms with Gasteiger partial charge in [-0.05, 0) is 63.0 Å². The summed E-state index contributed by atoms with van der Waals surface area (Å²) in [5.74, 6) is -1.38. The Morgan fingerprint density at radius 2 is 1.71 bits per heavy atom. The van der Waals surface area contributed by atoms with Crippen molar-refractivity contribution in [3.8, 4) is 5.88 Å². The molecule has 1 spiro atoms. The predicted molar refractivity (Wildman–Crippen MR) is 188 cm³/mol. The van der Waals surface area contributed by atoms with Crippen LogP contribution in [0, 0.1) is 10.8 Å². The molecule has 2 aliphatic carbocycles. The van der Waals surface area contributed by atoms with Gasteiger partial charge in [0.15, 0.2) is 0 Å². The van der Waals surface area contributed by atoms with Crippen molar-refractivity contribution in [2.24, 2.45) is 11.1 Å². The van der Waals surface area contributed by atoms with Gasteiger partial charge in [0.05, 0.1) is 13.2 Å². The van der Waals surface area contributed by atoms with E-state index in [1.54, 1.807) is 4.90 Å². The molecule has 2 heterocycles. The van der Waals surface area contributed by atoms with E-state index in [0.717, 1.165) is 27.2 Å². The van der Waals surface area contributed by atoms with Gasteiger partial charge in [-0.25, -0.2) is 14.5 Å². The standard InChI is InChI=1S/C35H52N6O7Si/c1-5-18-38-29(42)27(28(36)37)30(43)41(33(38)46)26-12-16-34(17-13-26,23-48-21-25-10-7-6-8-11-25)22-40-32(45)39(24-47-19-20-49(2,3)4)31(44)35(40)14-9-15-35/h6-8,10-11,26,42H,5,9,12-24H2,1-4H3,(H3,36,37). The second kappa shape index (κ2) is 14.6. The van der Waals surface area contributed by atoms with Crippen LogP contribution in [0.25, 0.3) is 0 Å². The summed E-state index contributed by atoms with van der Waals surface area (Å²) in [7, 11) is -1.35. The van der Waals surface area contributed by atoms with Gasteiger partial charge < -0.3 is 25.2 Å². The molecule has 0 atom stereocenters. The Bertz CT molecular complexity index is 1660. The summed E-state index contributed by atoms with van der Waals surface area (Å²) in [6, 6.07) is 9.90. The number of hydrogen-bond acceptors (Lipinski definition) is 8. The summed E-state index contributed by atoms with van der Waals surface area (Å²) < 4.78 is 14.5. The molecule has 2 saturated carbocycles. The molecule has 268 valence electrons. The van der Waals surface area contributed by atoms with Gasteiger partial charge >= 0.3 is 11.7 Å². The molecule has 1 aromatic carbocycles. The van der Waals surface area contributed by atoms with Gasteiger partial charge in [0.2, 0.25) is 5.88 Å². The summed E-state index contributed by atoms with van der Waals surface area (Å²) in [6.07, 6.45) is 4.45. The maximum absolute atomic E-state index is 14.0. The quantitative estimate of drug-likeness (QED) is 0.0816. The lowest BCUT2D eigenvalue weighted by Crippen LogP contribution is -2.58. The number of aromatic nitrogens is 2. The Kier molecular flexibility index (Phi) is 10.9. The van der Waals surface area contributed by atoms with Crippen molar-refractivity contribution >= 4 is 25.8 Å². The normalized spacial score (nSPS) is 22.2. The second-order valence-corrected chi connectivity index (χ2v) is 20.9. The Hall–Kier alpha value is -3.75. The molecule has 1 aliphatic heterocycles. The molecule has 1 aromatic heterocycles. The number of nitrogens with two attached hydrogens (primary N) is 1. The van der Waals surface area contributed by atoms with Crippen molar-refractivity contribution in [2.45, 2.75) is 109 Å². The van der Waals surface area contributed by atoms with E-state index >= 15 is 0 Å². The number of nitrogen functional groups attached to an aromatic ring is 1. The highest BCUT2D eigenvalue weighted by Crippen LogP contribution is 2.49. The molecule has 1 saturated heterocycles. The van der Waals surface area contributed by atoms with Crippen LogP contribution >= 0.6 is 0 Å². The van der Waals surface area contributed by atoms with E-state index in [1.807, 2.05) is 37.3 Å². The van der Waals surface area contributed by atoms with Gasteiger partial charge in [-0.2, -0.15) is 0 Å². The fourth-order valence-electron chi connectivity index (χ4n) is 7.40. The Labute approximate surface area is 288 Å². The molecule has 3 amide bonds. The number of carbonyl (C=O) groups excluding carboxylic acids is 2. The first-order valence-electron chi connectivity index (χ1n) is 17.5. The van der Waals surface area contributed by atoms with Crippen molar-refractivity contribution in [3.63, 3.8) is 0 Å². The highest BCUT2D eigenvalue weighted by Gasteiger charge is 2.61. The molecule has 0 unspecified atom stereocenters. The molecular weight excluding hydrogens is 645 g/mol. The summed E-state index contributed by atoms with van der Waals surface area (Å²) in [5.41, 5.74) is 3.49. The van der Waals surface area contributed by atoms with Crippen molar-refractivity contribution in [1.29, 1.82) is 5.41 Å². The van der Waals surface area contributed by atoms with Gasteiger partial charge in [0.1, 0.15) is 23.7 Å². The number of benzene rings is 1. The smallest absolute Gasteiger partial charge is 0.334 e. The summed E-state index contributed by atoms with van der Waals surface area (Å²) >= 11 is 0. The number of nitrogens with zero attached hydrogens (tertiary/aromatic N) is 4. The minimum absolute atomic E-state index is 0.0632. The molecule has 0 radical (unpaired) electrons. The van der Waals surface area contributed by atoms with E-state index in [9.17, 15) is 24.3 Å². The number of imide groups is 1. The lowest BCUT2D eigenvalue weighted by atomic mass is 9.70. The van der Waals surface area contributed by atoms with Crippen LogP contribution in [0.2, 0.25) is 25.7 Å². The number of ether oxygens (including phenoxy) is 2. The Morgan fingerprint density at radius 1 is 1.04 bits per heavy atom. The molecule has 49 heavy (non-hydrogen) atoms. The van der Waals surface area contributed by atoms with E-state index in [2.05, 4.69) is 19.6 Å². The largest absolute Gasteiger partial charge is 0.494 e. The number of nitrogens with one attached hydrogen (secondary N) is 1.